The Hall–Kier alpha value is -1.50. The number of aliphatic hydroxyl groups is 1. The lowest BCUT2D eigenvalue weighted by molar-refractivity contribution is -0.138. The second-order valence-corrected chi connectivity index (χ2v) is 7.71. The van der Waals surface area contributed by atoms with Gasteiger partial charge in [0.25, 0.3) is 0 Å². The molecule has 2 heterocycles. The molecule has 6 heteroatoms. The fourth-order valence-electron chi connectivity index (χ4n) is 4.20. The number of hydrogen-bond donors (Lipinski definition) is 1. The fourth-order valence-corrected chi connectivity index (χ4v) is 4.20. The number of carbonyl (C=O) groups excluding carboxylic acids is 1. The molecular weight excluding hydrogens is 333 g/mol. The number of benzene rings is 1. The molecule has 1 atom stereocenters. The first kappa shape index (κ1) is 19.3. The smallest absolute Gasteiger partial charge is 0.244 e. The predicted molar refractivity (Wildman–Crippen MR) is 99.2 cm³/mol. The van der Waals surface area contributed by atoms with Crippen molar-refractivity contribution in [3.63, 3.8) is 0 Å². The molecule has 3 rings (SSSR count). The number of rotatable bonds is 4. The monoisotopic (exact) mass is 363 g/mol. The lowest BCUT2D eigenvalue weighted by atomic mass is 9.97. The van der Waals surface area contributed by atoms with Crippen molar-refractivity contribution < 1.29 is 14.3 Å². The van der Waals surface area contributed by atoms with Crippen LogP contribution in [0.3, 0.4) is 0 Å². The third-order valence-electron chi connectivity index (χ3n) is 5.74. The first-order chi connectivity index (χ1) is 12.5. The van der Waals surface area contributed by atoms with Gasteiger partial charge in [-0.25, -0.2) is 4.39 Å². The minimum Gasteiger partial charge on any atom is -0.393 e. The Morgan fingerprint density at radius 3 is 2.31 bits per heavy atom. The standard InChI is InChI=1S/C20H30FN3O2/c1-22(2)19(17-5-3-4-6-18(17)21)20(26)24-11-7-15(8-12-24)23-13-9-16(25)10-14-23/h3-6,15-16,19,25H,7-14H2,1-2H3/t19-/m0/s1. The number of halogens is 1. The minimum atomic E-state index is -0.585. The molecule has 0 radical (unpaired) electrons. The van der Waals surface area contributed by atoms with Crippen LogP contribution in [0.1, 0.15) is 37.3 Å². The first-order valence-corrected chi connectivity index (χ1v) is 9.59. The third kappa shape index (κ3) is 4.24. The van der Waals surface area contributed by atoms with Gasteiger partial charge in [0, 0.05) is 37.8 Å². The molecule has 1 aromatic rings. The molecular formula is C20H30FN3O2. The van der Waals surface area contributed by atoms with E-state index in [-0.39, 0.29) is 17.8 Å². The Morgan fingerprint density at radius 2 is 1.73 bits per heavy atom. The molecule has 0 unspecified atom stereocenters. The van der Waals surface area contributed by atoms with Crippen LogP contribution in [0.25, 0.3) is 0 Å². The molecule has 2 saturated heterocycles. The summed E-state index contributed by atoms with van der Waals surface area (Å²) in [5, 5.41) is 9.67. The topological polar surface area (TPSA) is 47.0 Å². The summed E-state index contributed by atoms with van der Waals surface area (Å²) in [7, 11) is 3.64. The number of hydrogen-bond acceptors (Lipinski definition) is 4. The largest absolute Gasteiger partial charge is 0.393 e. The number of likely N-dealkylation sites (N-methyl/N-ethyl adjacent to an activating group) is 1. The summed E-state index contributed by atoms with van der Waals surface area (Å²) >= 11 is 0. The van der Waals surface area contributed by atoms with Crippen LogP contribution >= 0.6 is 0 Å². The second-order valence-electron chi connectivity index (χ2n) is 7.71. The SMILES string of the molecule is CN(C)[C@H](C(=O)N1CCC(N2CCC(O)CC2)CC1)c1ccccc1F. The third-order valence-corrected chi connectivity index (χ3v) is 5.74. The van der Waals surface area contributed by atoms with Crippen molar-refractivity contribution in [3.8, 4) is 0 Å². The van der Waals surface area contributed by atoms with Gasteiger partial charge in [-0.15, -0.1) is 0 Å². The number of aliphatic hydroxyl groups excluding tert-OH is 1. The summed E-state index contributed by atoms with van der Waals surface area (Å²) in [5.41, 5.74) is 0.439. The van der Waals surface area contributed by atoms with Gasteiger partial charge in [-0.2, -0.15) is 0 Å². The van der Waals surface area contributed by atoms with E-state index in [9.17, 15) is 14.3 Å². The number of carbonyl (C=O) groups is 1. The predicted octanol–water partition coefficient (Wildman–Crippen LogP) is 1.88. The highest BCUT2D eigenvalue weighted by molar-refractivity contribution is 5.83. The highest BCUT2D eigenvalue weighted by Gasteiger charge is 2.34. The van der Waals surface area contributed by atoms with Crippen molar-refractivity contribution in [1.82, 2.24) is 14.7 Å². The van der Waals surface area contributed by atoms with Crippen LogP contribution in [0, 0.1) is 5.82 Å². The zero-order chi connectivity index (χ0) is 18.7. The van der Waals surface area contributed by atoms with E-state index in [1.807, 2.05) is 19.0 Å². The highest BCUT2D eigenvalue weighted by atomic mass is 19.1. The zero-order valence-corrected chi connectivity index (χ0v) is 15.8. The van der Waals surface area contributed by atoms with Gasteiger partial charge in [0.2, 0.25) is 5.91 Å². The molecule has 1 aromatic carbocycles. The molecule has 5 nitrogen and oxygen atoms in total. The summed E-state index contributed by atoms with van der Waals surface area (Å²) in [6.45, 7) is 3.30. The average Bonchev–Trinajstić information content (AvgIpc) is 2.64. The normalized spacial score (nSPS) is 22.0. The van der Waals surface area contributed by atoms with Crippen molar-refractivity contribution in [3.05, 3.63) is 35.6 Å². The van der Waals surface area contributed by atoms with Crippen molar-refractivity contribution >= 4 is 5.91 Å². The fraction of sp³-hybridized carbons (Fsp3) is 0.650. The lowest BCUT2D eigenvalue weighted by Crippen LogP contribution is -2.51. The van der Waals surface area contributed by atoms with Crippen LogP contribution in [0.15, 0.2) is 24.3 Å². The maximum atomic E-state index is 14.2. The van der Waals surface area contributed by atoms with E-state index < -0.39 is 6.04 Å². The van der Waals surface area contributed by atoms with Crippen molar-refractivity contribution in [2.75, 3.05) is 40.3 Å². The lowest BCUT2D eigenvalue weighted by Gasteiger charge is -2.42. The van der Waals surface area contributed by atoms with Gasteiger partial charge >= 0.3 is 0 Å². The van der Waals surface area contributed by atoms with Gasteiger partial charge in [-0.05, 0) is 45.8 Å². The molecule has 2 aliphatic heterocycles. The molecule has 2 aliphatic rings. The molecule has 2 fully saturated rings. The summed E-state index contributed by atoms with van der Waals surface area (Å²) < 4.78 is 14.2. The summed E-state index contributed by atoms with van der Waals surface area (Å²) in [5.74, 6) is -0.353. The molecule has 26 heavy (non-hydrogen) atoms. The van der Waals surface area contributed by atoms with E-state index in [1.165, 1.54) is 6.07 Å². The second kappa shape index (κ2) is 8.46. The Labute approximate surface area is 155 Å². The Bertz CT molecular complexity index is 609. The van der Waals surface area contributed by atoms with Crippen molar-refractivity contribution in [1.29, 1.82) is 0 Å². The Kier molecular flexibility index (Phi) is 6.27. The van der Waals surface area contributed by atoms with E-state index in [1.54, 1.807) is 23.1 Å². The number of amides is 1. The van der Waals surface area contributed by atoms with E-state index in [2.05, 4.69) is 4.90 Å². The van der Waals surface area contributed by atoms with Crippen LogP contribution in [-0.2, 0) is 4.79 Å². The van der Waals surface area contributed by atoms with Crippen LogP contribution < -0.4 is 0 Å². The Balaban J connectivity index is 1.62. The molecule has 0 spiro atoms. The maximum Gasteiger partial charge on any atom is 0.244 e. The van der Waals surface area contributed by atoms with Gasteiger partial charge in [0.15, 0.2) is 0 Å². The van der Waals surface area contributed by atoms with Crippen LogP contribution in [0.5, 0.6) is 0 Å². The molecule has 0 aromatic heterocycles. The van der Waals surface area contributed by atoms with Gasteiger partial charge in [-0.3, -0.25) is 9.69 Å². The molecule has 1 N–H and O–H groups in total. The first-order valence-electron chi connectivity index (χ1n) is 9.59. The van der Waals surface area contributed by atoms with Crippen molar-refractivity contribution in [2.24, 2.45) is 0 Å². The zero-order valence-electron chi connectivity index (χ0n) is 15.8. The molecule has 0 saturated carbocycles. The van der Waals surface area contributed by atoms with E-state index in [4.69, 9.17) is 0 Å². The molecule has 0 aliphatic carbocycles. The van der Waals surface area contributed by atoms with Crippen LogP contribution in [0.2, 0.25) is 0 Å². The van der Waals surface area contributed by atoms with E-state index in [0.717, 1.165) is 38.8 Å². The molecule has 144 valence electrons. The summed E-state index contributed by atoms with van der Waals surface area (Å²) in [4.78, 5) is 19.2. The van der Waals surface area contributed by atoms with Gasteiger partial charge in [-0.1, -0.05) is 18.2 Å². The summed E-state index contributed by atoms with van der Waals surface area (Å²) in [6.07, 6.45) is 3.41. The number of piperidine rings is 2. The van der Waals surface area contributed by atoms with Crippen LogP contribution in [-0.4, -0.2) is 78.1 Å². The number of likely N-dealkylation sites (tertiary alicyclic amines) is 2. The highest BCUT2D eigenvalue weighted by Crippen LogP contribution is 2.27. The maximum absolute atomic E-state index is 14.2. The summed E-state index contributed by atoms with van der Waals surface area (Å²) in [6, 6.07) is 6.44. The van der Waals surface area contributed by atoms with E-state index in [0.29, 0.717) is 24.7 Å². The average molecular weight is 363 g/mol. The minimum absolute atomic E-state index is 0.0207. The van der Waals surface area contributed by atoms with Gasteiger partial charge in [0.05, 0.1) is 6.10 Å². The van der Waals surface area contributed by atoms with Gasteiger partial charge < -0.3 is 14.9 Å². The quantitative estimate of drug-likeness (QED) is 0.887. The molecule has 0 bridgehead atoms. The van der Waals surface area contributed by atoms with E-state index >= 15 is 0 Å². The van der Waals surface area contributed by atoms with Gasteiger partial charge in [0.1, 0.15) is 11.9 Å². The Morgan fingerprint density at radius 1 is 1.12 bits per heavy atom. The number of nitrogens with zero attached hydrogens (tertiary/aromatic N) is 3. The molecule has 1 amide bonds. The van der Waals surface area contributed by atoms with Crippen molar-refractivity contribution in [2.45, 2.75) is 43.9 Å². The van der Waals surface area contributed by atoms with Crippen LogP contribution in [0.4, 0.5) is 4.39 Å².